The predicted octanol–water partition coefficient (Wildman–Crippen LogP) is -0.113. The number of carboxylic acids is 1. The average Bonchev–Trinajstić information content (AvgIpc) is 2.75. The number of hydrogen-bond acceptors (Lipinski definition) is 6. The molecule has 0 aromatic carbocycles. The number of rotatable bonds is 3. The van der Waals surface area contributed by atoms with Gasteiger partial charge < -0.3 is 9.63 Å². The fourth-order valence-corrected chi connectivity index (χ4v) is 3.53. The summed E-state index contributed by atoms with van der Waals surface area (Å²) in [6.45, 7) is 0. The third-order valence-corrected chi connectivity index (χ3v) is 4.80. The van der Waals surface area contributed by atoms with Gasteiger partial charge in [0.25, 0.3) is 5.82 Å². The molecule has 0 saturated carbocycles. The van der Waals surface area contributed by atoms with Gasteiger partial charge >= 0.3 is 5.97 Å². The van der Waals surface area contributed by atoms with Crippen molar-refractivity contribution in [2.45, 2.75) is 24.5 Å². The van der Waals surface area contributed by atoms with E-state index < -0.39 is 26.9 Å². The molecule has 1 atom stereocenters. The molecule has 1 fully saturated rings. The Kier molecular flexibility index (Phi) is 2.66. The van der Waals surface area contributed by atoms with Gasteiger partial charge in [-0.3, -0.25) is 0 Å². The molecule has 1 aromatic heterocycles. The van der Waals surface area contributed by atoms with Gasteiger partial charge in [-0.2, -0.15) is 4.98 Å². The van der Waals surface area contributed by atoms with Crippen LogP contribution in [0, 0.1) is 0 Å². The highest BCUT2D eigenvalue weighted by atomic mass is 32.2. The zero-order chi connectivity index (χ0) is 11.8. The Balaban J connectivity index is 2.12. The average molecular weight is 246 g/mol. The number of nitrogens with zero attached hydrogens (tertiary/aromatic N) is 2. The highest BCUT2D eigenvalue weighted by molar-refractivity contribution is 7.92. The third kappa shape index (κ3) is 2.06. The van der Waals surface area contributed by atoms with Crippen molar-refractivity contribution < 1.29 is 22.8 Å². The van der Waals surface area contributed by atoms with E-state index in [2.05, 4.69) is 14.7 Å². The van der Waals surface area contributed by atoms with Crippen molar-refractivity contribution in [3.8, 4) is 0 Å². The van der Waals surface area contributed by atoms with Crippen LogP contribution in [0.3, 0.4) is 0 Å². The van der Waals surface area contributed by atoms with Crippen LogP contribution in [-0.4, -0.2) is 40.6 Å². The molecule has 7 nitrogen and oxygen atoms in total. The maximum absolute atomic E-state index is 11.5. The maximum atomic E-state index is 11.5. The van der Waals surface area contributed by atoms with E-state index in [4.69, 9.17) is 5.11 Å². The lowest BCUT2D eigenvalue weighted by molar-refractivity contribution is 0.0680. The third-order valence-electron chi connectivity index (χ3n) is 2.52. The van der Waals surface area contributed by atoms with Gasteiger partial charge in [0.05, 0.1) is 11.0 Å². The molecule has 1 aliphatic rings. The van der Waals surface area contributed by atoms with Gasteiger partial charge in [0.2, 0.25) is 5.89 Å². The molecule has 1 aromatic rings. The molecule has 2 rings (SSSR count). The van der Waals surface area contributed by atoms with Gasteiger partial charge in [0.1, 0.15) is 0 Å². The Bertz CT molecular complexity index is 506. The maximum Gasteiger partial charge on any atom is 0.377 e. The van der Waals surface area contributed by atoms with E-state index in [0.29, 0.717) is 12.8 Å². The molecule has 1 N–H and O–H groups in total. The topological polar surface area (TPSA) is 110 Å². The van der Waals surface area contributed by atoms with Crippen LogP contribution in [0.15, 0.2) is 4.52 Å². The minimum Gasteiger partial charge on any atom is -0.475 e. The number of sulfone groups is 1. The summed E-state index contributed by atoms with van der Waals surface area (Å²) in [5.41, 5.74) is 0. The van der Waals surface area contributed by atoms with E-state index in [9.17, 15) is 13.2 Å². The SMILES string of the molecule is O=C(O)c1noc(CC2CCCS2(=O)=O)n1. The number of aromatic carboxylic acids is 1. The van der Waals surface area contributed by atoms with E-state index in [1.54, 1.807) is 0 Å². The van der Waals surface area contributed by atoms with E-state index in [-0.39, 0.29) is 18.1 Å². The standard InChI is InChI=1S/C8H10N2O5S/c11-8(12)7-9-6(15-10-7)4-5-2-1-3-16(5,13)14/h5H,1-4H2,(H,11,12). The van der Waals surface area contributed by atoms with Gasteiger partial charge in [0.15, 0.2) is 9.84 Å². The molecule has 0 aliphatic carbocycles. The highest BCUT2D eigenvalue weighted by Crippen LogP contribution is 2.22. The molecule has 0 radical (unpaired) electrons. The van der Waals surface area contributed by atoms with Crippen LogP contribution in [0.25, 0.3) is 0 Å². The van der Waals surface area contributed by atoms with Crippen molar-refractivity contribution in [1.29, 1.82) is 0 Å². The quantitative estimate of drug-likeness (QED) is 0.791. The molecule has 0 amide bonds. The van der Waals surface area contributed by atoms with Gasteiger partial charge in [-0.25, -0.2) is 13.2 Å². The second-order valence-corrected chi connectivity index (χ2v) is 6.05. The van der Waals surface area contributed by atoms with Crippen molar-refractivity contribution in [1.82, 2.24) is 10.1 Å². The van der Waals surface area contributed by atoms with Crippen molar-refractivity contribution in [2.24, 2.45) is 0 Å². The summed E-state index contributed by atoms with van der Waals surface area (Å²) in [4.78, 5) is 14.1. The first kappa shape index (κ1) is 11.1. The van der Waals surface area contributed by atoms with Gasteiger partial charge in [0, 0.05) is 6.42 Å². The van der Waals surface area contributed by atoms with Crippen LogP contribution in [0.1, 0.15) is 29.4 Å². The molecule has 2 heterocycles. The summed E-state index contributed by atoms with van der Waals surface area (Å²) in [6, 6.07) is 0. The molecule has 8 heteroatoms. The van der Waals surface area contributed by atoms with Crippen LogP contribution in [0.4, 0.5) is 0 Å². The summed E-state index contributed by atoms with van der Waals surface area (Å²) in [5.74, 6) is -1.49. The van der Waals surface area contributed by atoms with Gasteiger partial charge in [-0.05, 0) is 18.0 Å². The Labute approximate surface area is 91.4 Å². The first-order valence-corrected chi connectivity index (χ1v) is 6.48. The van der Waals surface area contributed by atoms with E-state index in [0.717, 1.165) is 0 Å². The van der Waals surface area contributed by atoms with Crippen molar-refractivity contribution in [3.05, 3.63) is 11.7 Å². The fraction of sp³-hybridized carbons (Fsp3) is 0.625. The molecular formula is C8H10N2O5S. The first-order chi connectivity index (χ1) is 7.49. The van der Waals surface area contributed by atoms with Crippen LogP contribution in [-0.2, 0) is 16.3 Å². The smallest absolute Gasteiger partial charge is 0.377 e. The lowest BCUT2D eigenvalue weighted by atomic mass is 10.2. The van der Waals surface area contributed by atoms with Crippen molar-refractivity contribution in [2.75, 3.05) is 5.75 Å². The van der Waals surface area contributed by atoms with E-state index in [1.165, 1.54) is 0 Å². The van der Waals surface area contributed by atoms with Crippen molar-refractivity contribution >= 4 is 15.8 Å². The zero-order valence-corrected chi connectivity index (χ0v) is 9.11. The van der Waals surface area contributed by atoms with Crippen LogP contribution >= 0.6 is 0 Å². The molecule has 1 aliphatic heterocycles. The molecule has 1 saturated heterocycles. The lowest BCUT2D eigenvalue weighted by Crippen LogP contribution is -2.18. The molecule has 16 heavy (non-hydrogen) atoms. The van der Waals surface area contributed by atoms with E-state index in [1.807, 2.05) is 0 Å². The molecule has 1 unspecified atom stereocenters. The molecular weight excluding hydrogens is 236 g/mol. The van der Waals surface area contributed by atoms with Crippen LogP contribution in [0.2, 0.25) is 0 Å². The number of hydrogen-bond donors (Lipinski definition) is 1. The second-order valence-electron chi connectivity index (χ2n) is 3.65. The van der Waals surface area contributed by atoms with Crippen molar-refractivity contribution in [3.63, 3.8) is 0 Å². The molecule has 88 valence electrons. The summed E-state index contributed by atoms with van der Waals surface area (Å²) in [7, 11) is -3.07. The highest BCUT2D eigenvalue weighted by Gasteiger charge is 2.33. The molecule has 0 bridgehead atoms. The predicted molar refractivity (Wildman–Crippen MR) is 51.8 cm³/mol. The number of carbonyl (C=O) groups is 1. The van der Waals surface area contributed by atoms with E-state index >= 15 is 0 Å². The normalized spacial score (nSPS) is 23.4. The fourth-order valence-electron chi connectivity index (χ4n) is 1.71. The second kappa shape index (κ2) is 3.85. The summed E-state index contributed by atoms with van der Waals surface area (Å²) in [6.07, 6.45) is 1.29. The monoisotopic (exact) mass is 246 g/mol. The Morgan fingerprint density at radius 1 is 1.56 bits per heavy atom. The minimum absolute atomic E-state index is 0.0628. The van der Waals surface area contributed by atoms with Gasteiger partial charge in [-0.15, -0.1) is 0 Å². The lowest BCUT2D eigenvalue weighted by Gasteiger charge is -2.04. The Hall–Kier alpha value is -1.44. The summed E-state index contributed by atoms with van der Waals surface area (Å²) in [5, 5.41) is 11.3. The largest absolute Gasteiger partial charge is 0.475 e. The number of aromatic nitrogens is 2. The molecule has 0 spiro atoms. The number of carboxylic acid groups (broad SMARTS) is 1. The Morgan fingerprint density at radius 2 is 2.31 bits per heavy atom. The zero-order valence-electron chi connectivity index (χ0n) is 8.29. The summed E-state index contributed by atoms with van der Waals surface area (Å²) < 4.78 is 27.7. The van der Waals surface area contributed by atoms with Gasteiger partial charge in [-0.1, -0.05) is 0 Å². The first-order valence-electron chi connectivity index (χ1n) is 4.76. The summed E-state index contributed by atoms with van der Waals surface area (Å²) >= 11 is 0. The van der Waals surface area contributed by atoms with Crippen LogP contribution in [0.5, 0.6) is 0 Å². The minimum atomic E-state index is -3.07. The van der Waals surface area contributed by atoms with Crippen LogP contribution < -0.4 is 0 Å². The Morgan fingerprint density at radius 3 is 2.81 bits per heavy atom.